The summed E-state index contributed by atoms with van der Waals surface area (Å²) in [5.74, 6) is 0.987. The molecule has 2 rings (SSSR count). The number of nitrogens with zero attached hydrogens (tertiary/aromatic N) is 1. The Bertz CT molecular complexity index is 515. The van der Waals surface area contributed by atoms with Gasteiger partial charge in [-0.2, -0.15) is 0 Å². The third kappa shape index (κ3) is 5.24. The van der Waals surface area contributed by atoms with Crippen LogP contribution in [0.1, 0.15) is 37.3 Å². The van der Waals surface area contributed by atoms with E-state index in [9.17, 15) is 4.79 Å². The van der Waals surface area contributed by atoms with Crippen molar-refractivity contribution in [2.45, 2.75) is 40.0 Å². The topological polar surface area (TPSA) is 38.8 Å². The van der Waals surface area contributed by atoms with Crippen LogP contribution in [0.3, 0.4) is 0 Å². The standard InChI is InChI=1S/C19H29NO3/c1-4-22-19(21)17-9-6-11-20(14-17)12-7-13-23-18-10-5-8-15(2)16(18)3/h5,8,10,17H,4,6-7,9,11-14H2,1-3H3. The first-order valence-electron chi connectivity index (χ1n) is 8.69. The van der Waals surface area contributed by atoms with Gasteiger partial charge in [0.15, 0.2) is 0 Å². The number of esters is 1. The molecule has 4 heteroatoms. The SMILES string of the molecule is CCOC(=O)C1CCCN(CCCOc2cccc(C)c2C)C1. The maximum absolute atomic E-state index is 11.9. The summed E-state index contributed by atoms with van der Waals surface area (Å²) in [4.78, 5) is 14.2. The highest BCUT2D eigenvalue weighted by molar-refractivity contribution is 5.72. The van der Waals surface area contributed by atoms with E-state index >= 15 is 0 Å². The molecule has 1 fully saturated rings. The Kier molecular flexibility index (Phi) is 6.90. The van der Waals surface area contributed by atoms with Crippen molar-refractivity contribution < 1.29 is 14.3 Å². The van der Waals surface area contributed by atoms with E-state index in [-0.39, 0.29) is 11.9 Å². The molecule has 0 radical (unpaired) electrons. The van der Waals surface area contributed by atoms with Gasteiger partial charge in [0.1, 0.15) is 5.75 Å². The van der Waals surface area contributed by atoms with E-state index in [4.69, 9.17) is 9.47 Å². The van der Waals surface area contributed by atoms with Gasteiger partial charge in [-0.15, -0.1) is 0 Å². The molecular weight excluding hydrogens is 290 g/mol. The summed E-state index contributed by atoms with van der Waals surface area (Å²) in [6, 6.07) is 6.16. The lowest BCUT2D eigenvalue weighted by atomic mass is 9.98. The molecule has 0 saturated carbocycles. The zero-order valence-corrected chi connectivity index (χ0v) is 14.6. The number of benzene rings is 1. The van der Waals surface area contributed by atoms with E-state index < -0.39 is 0 Å². The molecule has 1 unspecified atom stereocenters. The van der Waals surface area contributed by atoms with Gasteiger partial charge in [0.25, 0.3) is 0 Å². The summed E-state index contributed by atoms with van der Waals surface area (Å²) in [5, 5.41) is 0. The fourth-order valence-electron chi connectivity index (χ4n) is 3.06. The number of aryl methyl sites for hydroxylation is 1. The van der Waals surface area contributed by atoms with Gasteiger partial charge in [0, 0.05) is 13.1 Å². The quantitative estimate of drug-likeness (QED) is 0.571. The third-order valence-corrected chi connectivity index (χ3v) is 4.56. The summed E-state index contributed by atoms with van der Waals surface area (Å²) in [5.41, 5.74) is 2.48. The lowest BCUT2D eigenvalue weighted by Gasteiger charge is -2.31. The largest absolute Gasteiger partial charge is 0.493 e. The predicted molar refractivity (Wildman–Crippen MR) is 91.8 cm³/mol. The van der Waals surface area contributed by atoms with Gasteiger partial charge in [0.2, 0.25) is 0 Å². The van der Waals surface area contributed by atoms with Crippen LogP contribution in [0, 0.1) is 19.8 Å². The second kappa shape index (κ2) is 8.92. The Morgan fingerprint density at radius 3 is 2.96 bits per heavy atom. The minimum absolute atomic E-state index is 0.0381. The van der Waals surface area contributed by atoms with Crippen molar-refractivity contribution in [2.24, 2.45) is 5.92 Å². The molecule has 0 N–H and O–H groups in total. The average molecular weight is 319 g/mol. The van der Waals surface area contributed by atoms with Gasteiger partial charge in [-0.1, -0.05) is 12.1 Å². The number of carbonyl (C=O) groups is 1. The number of hydrogen-bond donors (Lipinski definition) is 0. The molecule has 23 heavy (non-hydrogen) atoms. The highest BCUT2D eigenvalue weighted by atomic mass is 16.5. The highest BCUT2D eigenvalue weighted by Gasteiger charge is 2.26. The van der Waals surface area contributed by atoms with Crippen LogP contribution in [-0.2, 0) is 9.53 Å². The smallest absolute Gasteiger partial charge is 0.310 e. The normalized spacial score (nSPS) is 18.7. The molecule has 0 aromatic heterocycles. The molecule has 0 spiro atoms. The lowest BCUT2D eigenvalue weighted by Crippen LogP contribution is -2.40. The fraction of sp³-hybridized carbons (Fsp3) is 0.632. The zero-order chi connectivity index (χ0) is 16.7. The number of rotatable bonds is 7. The van der Waals surface area contributed by atoms with Crippen LogP contribution in [0.25, 0.3) is 0 Å². The monoisotopic (exact) mass is 319 g/mol. The van der Waals surface area contributed by atoms with Gasteiger partial charge < -0.3 is 14.4 Å². The Balaban J connectivity index is 1.71. The molecule has 1 heterocycles. The second-order valence-electron chi connectivity index (χ2n) is 6.29. The van der Waals surface area contributed by atoms with Crippen LogP contribution in [-0.4, -0.2) is 43.7 Å². The molecule has 1 aromatic rings. The first kappa shape index (κ1) is 17.8. The number of piperidine rings is 1. The predicted octanol–water partition coefficient (Wildman–Crippen LogP) is 3.35. The third-order valence-electron chi connectivity index (χ3n) is 4.56. The van der Waals surface area contributed by atoms with Crippen LogP contribution in [0.5, 0.6) is 5.75 Å². The summed E-state index contributed by atoms with van der Waals surface area (Å²) in [6.07, 6.45) is 3.00. The van der Waals surface area contributed by atoms with E-state index in [0.29, 0.717) is 13.2 Å². The van der Waals surface area contributed by atoms with Gasteiger partial charge in [-0.25, -0.2) is 0 Å². The Morgan fingerprint density at radius 1 is 1.35 bits per heavy atom. The highest BCUT2D eigenvalue weighted by Crippen LogP contribution is 2.21. The maximum atomic E-state index is 11.9. The minimum Gasteiger partial charge on any atom is -0.493 e. The maximum Gasteiger partial charge on any atom is 0.310 e. The van der Waals surface area contributed by atoms with Gasteiger partial charge in [-0.3, -0.25) is 4.79 Å². The molecule has 1 saturated heterocycles. The first-order valence-corrected chi connectivity index (χ1v) is 8.69. The molecular formula is C19H29NO3. The van der Waals surface area contributed by atoms with Crippen molar-refractivity contribution >= 4 is 5.97 Å². The molecule has 0 aliphatic carbocycles. The molecule has 128 valence electrons. The molecule has 0 amide bonds. The van der Waals surface area contributed by atoms with Gasteiger partial charge in [0.05, 0.1) is 19.1 Å². The van der Waals surface area contributed by atoms with E-state index in [1.165, 1.54) is 11.1 Å². The summed E-state index contributed by atoms with van der Waals surface area (Å²) in [7, 11) is 0. The van der Waals surface area contributed by atoms with Crippen molar-refractivity contribution in [1.82, 2.24) is 4.90 Å². The first-order chi connectivity index (χ1) is 11.1. The van der Waals surface area contributed by atoms with Crippen LogP contribution in [0.15, 0.2) is 18.2 Å². The van der Waals surface area contributed by atoms with Gasteiger partial charge in [-0.05, 0) is 63.8 Å². The molecule has 0 bridgehead atoms. The Morgan fingerprint density at radius 2 is 2.17 bits per heavy atom. The van der Waals surface area contributed by atoms with E-state index in [1.807, 2.05) is 19.1 Å². The molecule has 1 atom stereocenters. The van der Waals surface area contributed by atoms with Crippen molar-refractivity contribution in [3.05, 3.63) is 29.3 Å². The molecule has 4 nitrogen and oxygen atoms in total. The van der Waals surface area contributed by atoms with Crippen molar-refractivity contribution in [3.8, 4) is 5.75 Å². The summed E-state index contributed by atoms with van der Waals surface area (Å²) < 4.78 is 11.1. The Labute approximate surface area is 139 Å². The van der Waals surface area contributed by atoms with Crippen molar-refractivity contribution in [3.63, 3.8) is 0 Å². The minimum atomic E-state index is -0.0381. The van der Waals surface area contributed by atoms with E-state index in [1.54, 1.807) is 0 Å². The molecule has 1 aliphatic rings. The van der Waals surface area contributed by atoms with Crippen LogP contribution in [0.4, 0.5) is 0 Å². The van der Waals surface area contributed by atoms with Crippen LogP contribution in [0.2, 0.25) is 0 Å². The van der Waals surface area contributed by atoms with Crippen molar-refractivity contribution in [2.75, 3.05) is 32.8 Å². The molecule has 1 aromatic carbocycles. The zero-order valence-electron chi connectivity index (χ0n) is 14.6. The molecule has 1 aliphatic heterocycles. The number of ether oxygens (including phenoxy) is 2. The van der Waals surface area contributed by atoms with Crippen molar-refractivity contribution in [1.29, 1.82) is 0 Å². The summed E-state index contributed by atoms with van der Waals surface area (Å²) >= 11 is 0. The van der Waals surface area contributed by atoms with Crippen LogP contribution >= 0.6 is 0 Å². The fourth-order valence-corrected chi connectivity index (χ4v) is 3.06. The van der Waals surface area contributed by atoms with E-state index in [0.717, 1.165) is 44.6 Å². The second-order valence-corrected chi connectivity index (χ2v) is 6.29. The van der Waals surface area contributed by atoms with Gasteiger partial charge >= 0.3 is 5.97 Å². The van der Waals surface area contributed by atoms with E-state index in [2.05, 4.69) is 24.8 Å². The van der Waals surface area contributed by atoms with Crippen LogP contribution < -0.4 is 4.74 Å². The number of hydrogen-bond acceptors (Lipinski definition) is 4. The average Bonchev–Trinajstić information content (AvgIpc) is 2.56. The number of likely N-dealkylation sites (tertiary alicyclic amines) is 1. The lowest BCUT2D eigenvalue weighted by molar-refractivity contribution is -0.149. The summed E-state index contributed by atoms with van der Waals surface area (Å²) in [6.45, 7) is 10.1. The number of carbonyl (C=O) groups excluding carboxylic acids is 1. The Hall–Kier alpha value is -1.55.